The molecule has 0 aromatic carbocycles. The summed E-state index contributed by atoms with van der Waals surface area (Å²) in [6.07, 6.45) is 0. The topological polar surface area (TPSA) is 82.0 Å². The van der Waals surface area contributed by atoms with E-state index in [-0.39, 0.29) is 17.8 Å². The maximum atomic E-state index is 11.6. The average Bonchev–Trinajstić information content (AvgIpc) is 2.51. The van der Waals surface area contributed by atoms with Crippen molar-refractivity contribution < 1.29 is 14.7 Å². The molecule has 84 valence electrons. The first-order chi connectivity index (χ1) is 7.04. The molecular weight excluding hydrogens is 218 g/mol. The minimum atomic E-state index is -0.617. The maximum Gasteiger partial charge on any atom is 0.306 e. The first kappa shape index (κ1) is 12.2. The molecule has 0 saturated carbocycles. The Labute approximate surface area is 91.7 Å². The number of nitrogens with zero attached hydrogens (tertiary/aromatic N) is 2. The smallest absolute Gasteiger partial charge is 0.306 e. The van der Waals surface area contributed by atoms with E-state index in [1.165, 1.54) is 0 Å². The van der Waals surface area contributed by atoms with Crippen LogP contribution in [0.1, 0.15) is 0 Å². The van der Waals surface area contributed by atoms with Crippen LogP contribution in [0.2, 0.25) is 0 Å². The molecule has 1 heterocycles. The van der Waals surface area contributed by atoms with Crippen LogP contribution in [0.15, 0.2) is 4.99 Å². The van der Waals surface area contributed by atoms with Crippen LogP contribution in [0, 0.1) is 0 Å². The number of carbonyl (C=O) groups excluding carboxylic acids is 2. The van der Waals surface area contributed by atoms with Crippen molar-refractivity contribution in [2.24, 2.45) is 4.99 Å². The van der Waals surface area contributed by atoms with E-state index in [1.54, 1.807) is 19.0 Å². The molecular formula is C8H13N3O3S. The minimum Gasteiger partial charge on any atom is -0.394 e. The molecule has 0 bridgehead atoms. The third-order valence-corrected chi connectivity index (χ3v) is 2.68. The molecule has 0 saturated heterocycles. The highest BCUT2D eigenvalue weighted by molar-refractivity contribution is 8.14. The van der Waals surface area contributed by atoms with Crippen LogP contribution in [0.3, 0.4) is 0 Å². The van der Waals surface area contributed by atoms with Gasteiger partial charge in [0.25, 0.3) is 0 Å². The Kier molecular flexibility index (Phi) is 4.25. The molecule has 15 heavy (non-hydrogen) atoms. The summed E-state index contributed by atoms with van der Waals surface area (Å²) in [6, 6.07) is -0.617. The third-order valence-electron chi connectivity index (χ3n) is 1.93. The molecule has 1 aliphatic heterocycles. The number of aliphatic hydroxyl groups excluding tert-OH is 1. The molecule has 7 heteroatoms. The van der Waals surface area contributed by atoms with Crippen molar-refractivity contribution in [1.82, 2.24) is 10.2 Å². The highest BCUT2D eigenvalue weighted by Crippen LogP contribution is 2.12. The Morgan fingerprint density at radius 1 is 1.73 bits per heavy atom. The van der Waals surface area contributed by atoms with Gasteiger partial charge in [-0.2, -0.15) is 4.99 Å². The normalized spacial score (nSPS) is 17.9. The summed E-state index contributed by atoms with van der Waals surface area (Å²) in [5, 5.41) is 11.2. The van der Waals surface area contributed by atoms with Crippen molar-refractivity contribution >= 4 is 28.7 Å². The number of likely N-dealkylation sites (N-methyl/N-ethyl adjacent to an activating group) is 1. The molecule has 0 radical (unpaired) electrons. The summed E-state index contributed by atoms with van der Waals surface area (Å²) >= 11 is 1.04. The van der Waals surface area contributed by atoms with E-state index in [0.717, 1.165) is 11.8 Å². The lowest BCUT2D eigenvalue weighted by molar-refractivity contribution is -0.125. The number of nitrogens with one attached hydrogen (secondary N) is 1. The molecule has 2 amide bonds. The van der Waals surface area contributed by atoms with E-state index < -0.39 is 6.04 Å². The number of carbonyl (C=O) groups is 2. The van der Waals surface area contributed by atoms with Gasteiger partial charge < -0.3 is 10.4 Å². The molecule has 2 N–H and O–H groups in total. The second-order valence-electron chi connectivity index (χ2n) is 3.26. The van der Waals surface area contributed by atoms with Crippen LogP contribution in [-0.4, -0.2) is 59.5 Å². The standard InChI is InChI=1S/C8H13N3O3S/c1-11(2)5(3-12)7(13)9-6-4-15-8(14)10-6/h5,12H,3-4H2,1-2H3,(H,9,10,13,14)/t5-/m1/s1. The van der Waals surface area contributed by atoms with Crippen LogP contribution < -0.4 is 5.32 Å². The van der Waals surface area contributed by atoms with Crippen LogP contribution in [-0.2, 0) is 4.79 Å². The fraction of sp³-hybridized carbons (Fsp3) is 0.625. The van der Waals surface area contributed by atoms with Crippen molar-refractivity contribution in [3.8, 4) is 0 Å². The summed E-state index contributed by atoms with van der Waals surface area (Å²) in [5.41, 5.74) is 0. The Balaban J connectivity index is 2.54. The van der Waals surface area contributed by atoms with Gasteiger partial charge in [-0.15, -0.1) is 0 Å². The van der Waals surface area contributed by atoms with Gasteiger partial charge >= 0.3 is 5.24 Å². The molecule has 1 aliphatic rings. The lowest BCUT2D eigenvalue weighted by Crippen LogP contribution is -2.47. The van der Waals surface area contributed by atoms with E-state index in [4.69, 9.17) is 5.11 Å². The number of amidine groups is 1. The van der Waals surface area contributed by atoms with Gasteiger partial charge in [-0.3, -0.25) is 14.5 Å². The van der Waals surface area contributed by atoms with Gasteiger partial charge in [0.1, 0.15) is 11.9 Å². The molecule has 0 unspecified atom stereocenters. The summed E-state index contributed by atoms with van der Waals surface area (Å²) in [6.45, 7) is -0.271. The lowest BCUT2D eigenvalue weighted by Gasteiger charge is -2.20. The van der Waals surface area contributed by atoms with Gasteiger partial charge in [-0.25, -0.2) is 0 Å². The Hall–Kier alpha value is -0.920. The number of hydrogen-bond donors (Lipinski definition) is 2. The van der Waals surface area contributed by atoms with Gasteiger partial charge in [-0.1, -0.05) is 11.8 Å². The van der Waals surface area contributed by atoms with Crippen molar-refractivity contribution in [3.63, 3.8) is 0 Å². The molecule has 0 aliphatic carbocycles. The maximum absolute atomic E-state index is 11.6. The fourth-order valence-corrected chi connectivity index (χ4v) is 1.65. The number of amides is 2. The summed E-state index contributed by atoms with van der Waals surface area (Å²) < 4.78 is 0. The van der Waals surface area contributed by atoms with Gasteiger partial charge in [0.15, 0.2) is 0 Å². The molecule has 6 nitrogen and oxygen atoms in total. The number of aliphatic imine (C=N–C) groups is 1. The minimum absolute atomic E-state index is 0.271. The zero-order valence-electron chi connectivity index (χ0n) is 8.56. The highest BCUT2D eigenvalue weighted by atomic mass is 32.2. The molecule has 0 aromatic heterocycles. The van der Waals surface area contributed by atoms with Crippen LogP contribution in [0.4, 0.5) is 4.79 Å². The van der Waals surface area contributed by atoms with Gasteiger partial charge in [0, 0.05) is 0 Å². The number of aliphatic hydroxyl groups is 1. The molecule has 1 atom stereocenters. The predicted octanol–water partition coefficient (Wildman–Crippen LogP) is -0.710. The molecule has 0 aromatic rings. The quantitative estimate of drug-likeness (QED) is 0.670. The van der Waals surface area contributed by atoms with Crippen molar-refractivity contribution in [1.29, 1.82) is 0 Å². The number of hydrogen-bond acceptors (Lipinski definition) is 5. The third kappa shape index (κ3) is 3.29. The average molecular weight is 231 g/mol. The zero-order valence-corrected chi connectivity index (χ0v) is 9.37. The summed E-state index contributed by atoms with van der Waals surface area (Å²) in [5.74, 6) is 0.391. The first-order valence-electron chi connectivity index (χ1n) is 4.37. The van der Waals surface area contributed by atoms with Crippen LogP contribution >= 0.6 is 11.8 Å². The predicted molar refractivity (Wildman–Crippen MR) is 58.0 cm³/mol. The van der Waals surface area contributed by atoms with Crippen LogP contribution in [0.5, 0.6) is 0 Å². The Morgan fingerprint density at radius 2 is 2.40 bits per heavy atom. The van der Waals surface area contributed by atoms with Crippen molar-refractivity contribution in [2.45, 2.75) is 6.04 Å². The lowest BCUT2D eigenvalue weighted by atomic mass is 10.2. The molecule has 0 spiro atoms. The molecule has 1 rings (SSSR count). The SMILES string of the molecule is CN(C)[C@H](CO)C(=O)NC1=NC(=O)SC1. The van der Waals surface area contributed by atoms with Gasteiger partial charge in [0.05, 0.1) is 12.4 Å². The number of thioether (sulfide) groups is 1. The van der Waals surface area contributed by atoms with E-state index in [2.05, 4.69) is 10.3 Å². The van der Waals surface area contributed by atoms with Gasteiger partial charge in [0.2, 0.25) is 5.91 Å². The fourth-order valence-electron chi connectivity index (χ4n) is 1.08. The van der Waals surface area contributed by atoms with Gasteiger partial charge in [-0.05, 0) is 14.1 Å². The van der Waals surface area contributed by atoms with Crippen molar-refractivity contribution in [2.75, 3.05) is 26.5 Å². The zero-order chi connectivity index (χ0) is 11.4. The van der Waals surface area contributed by atoms with E-state index in [0.29, 0.717) is 11.6 Å². The number of rotatable bonds is 3. The Morgan fingerprint density at radius 3 is 2.80 bits per heavy atom. The van der Waals surface area contributed by atoms with Crippen LogP contribution in [0.25, 0.3) is 0 Å². The summed E-state index contributed by atoms with van der Waals surface area (Å²) in [4.78, 5) is 27.5. The highest BCUT2D eigenvalue weighted by Gasteiger charge is 2.23. The largest absolute Gasteiger partial charge is 0.394 e. The second-order valence-corrected chi connectivity index (χ2v) is 4.19. The van der Waals surface area contributed by atoms with E-state index in [1.807, 2.05) is 0 Å². The monoisotopic (exact) mass is 231 g/mol. The molecule has 0 fully saturated rings. The van der Waals surface area contributed by atoms with Crippen molar-refractivity contribution in [3.05, 3.63) is 0 Å². The Bertz CT molecular complexity index is 304. The second kappa shape index (κ2) is 5.24. The van der Waals surface area contributed by atoms with E-state index >= 15 is 0 Å². The summed E-state index contributed by atoms with van der Waals surface area (Å²) in [7, 11) is 3.38. The first-order valence-corrected chi connectivity index (χ1v) is 5.35. The van der Waals surface area contributed by atoms with E-state index in [9.17, 15) is 9.59 Å².